The highest BCUT2D eigenvalue weighted by atomic mass is 16.5. The van der Waals surface area contributed by atoms with Gasteiger partial charge >= 0.3 is 11.7 Å². The van der Waals surface area contributed by atoms with Crippen molar-refractivity contribution in [2.75, 3.05) is 20.8 Å². The van der Waals surface area contributed by atoms with E-state index in [1.165, 1.54) is 18.8 Å². The maximum absolute atomic E-state index is 13.7. The Morgan fingerprint density at radius 1 is 0.976 bits per heavy atom. The summed E-state index contributed by atoms with van der Waals surface area (Å²) in [6.45, 7) is 2.25. The number of nitrogens with one attached hydrogen (secondary N) is 1. The normalized spacial score (nSPS) is 11.3. The smallest absolute Gasteiger partial charge is 0.333 e. The van der Waals surface area contributed by atoms with Crippen molar-refractivity contribution in [2.24, 2.45) is 0 Å². The molecule has 0 aliphatic carbocycles. The molecule has 5 aromatic rings. The third-order valence-electron chi connectivity index (χ3n) is 7.10. The molecule has 0 atom stereocenters. The topological polar surface area (TPSA) is 152 Å². The minimum absolute atomic E-state index is 0.0369. The number of aromatic amines is 1. The van der Waals surface area contributed by atoms with Gasteiger partial charge in [-0.1, -0.05) is 61.9 Å². The average Bonchev–Trinajstić information content (AvgIpc) is 3.67. The number of imidazole rings is 1. The number of carbonyl (C=O) groups excluding carboxylic acids is 1. The summed E-state index contributed by atoms with van der Waals surface area (Å²) in [5.41, 5.74) is 3.01. The summed E-state index contributed by atoms with van der Waals surface area (Å²) in [7, 11) is 2.75. The molecule has 0 fully saturated rings. The molecule has 5 rings (SSSR count). The lowest BCUT2D eigenvalue weighted by Crippen LogP contribution is -2.42. The van der Waals surface area contributed by atoms with Crippen LogP contribution in [0.3, 0.4) is 0 Å². The minimum Gasteiger partial charge on any atom is -0.468 e. The molecule has 0 aliphatic rings. The number of H-pyrrole nitrogens is 1. The summed E-state index contributed by atoms with van der Waals surface area (Å²) in [6, 6.07) is 15.8. The molecule has 0 amide bonds. The fourth-order valence-electron chi connectivity index (χ4n) is 4.93. The number of fused-ring (bicyclic) bond motifs is 1. The van der Waals surface area contributed by atoms with Crippen LogP contribution in [0.1, 0.15) is 31.2 Å². The molecule has 42 heavy (non-hydrogen) atoms. The summed E-state index contributed by atoms with van der Waals surface area (Å²) in [5.74, 6) is 0.553. The first-order valence-corrected chi connectivity index (χ1v) is 13.7. The number of ether oxygens (including phenoxy) is 2. The third kappa shape index (κ3) is 5.63. The highest BCUT2D eigenvalue weighted by Crippen LogP contribution is 2.30. The zero-order chi connectivity index (χ0) is 29.6. The molecular formula is C29H32N8O5. The number of nitrogens with zero attached hydrogens (tertiary/aromatic N) is 7. The van der Waals surface area contributed by atoms with Crippen molar-refractivity contribution in [3.63, 3.8) is 0 Å². The van der Waals surface area contributed by atoms with Gasteiger partial charge < -0.3 is 14.0 Å². The van der Waals surface area contributed by atoms with Gasteiger partial charge in [0.15, 0.2) is 11.2 Å². The van der Waals surface area contributed by atoms with Crippen LogP contribution in [0.4, 0.5) is 0 Å². The number of methoxy groups -OCH3 is 2. The maximum atomic E-state index is 13.7. The molecule has 0 bridgehead atoms. The Hall–Kier alpha value is -4.91. The number of unbranched alkanes of at least 4 members (excludes halogenated alkanes) is 1. The van der Waals surface area contributed by atoms with Crippen LogP contribution in [0.15, 0.2) is 58.1 Å². The van der Waals surface area contributed by atoms with Gasteiger partial charge in [0.1, 0.15) is 12.4 Å². The quantitative estimate of drug-likeness (QED) is 0.222. The SMILES string of the molecule is CCCCc1nc2c(c(=O)n(CCOC)c(=O)n2CC(=O)OC)n1Cc1ccc(-c2ccccc2-c2nn[nH]n2)cc1. The minimum atomic E-state index is -0.633. The zero-order valence-corrected chi connectivity index (χ0v) is 23.7. The Morgan fingerprint density at radius 3 is 2.40 bits per heavy atom. The van der Waals surface area contributed by atoms with Gasteiger partial charge in [0.05, 0.1) is 20.3 Å². The molecule has 0 unspecified atom stereocenters. The van der Waals surface area contributed by atoms with Crippen LogP contribution in [-0.4, -0.2) is 66.1 Å². The van der Waals surface area contributed by atoms with Gasteiger partial charge in [-0.2, -0.15) is 5.21 Å². The summed E-state index contributed by atoms with van der Waals surface area (Å²) < 4.78 is 14.1. The summed E-state index contributed by atoms with van der Waals surface area (Å²) >= 11 is 0. The highest BCUT2D eigenvalue weighted by molar-refractivity contribution is 5.80. The van der Waals surface area contributed by atoms with Crippen molar-refractivity contribution in [2.45, 2.75) is 45.8 Å². The first kappa shape index (κ1) is 28.6. The third-order valence-corrected chi connectivity index (χ3v) is 7.10. The van der Waals surface area contributed by atoms with Crippen molar-refractivity contribution in [3.8, 4) is 22.5 Å². The van der Waals surface area contributed by atoms with Crippen molar-refractivity contribution in [3.05, 3.63) is 80.8 Å². The molecule has 1 N–H and O–H groups in total. The van der Waals surface area contributed by atoms with E-state index in [0.29, 0.717) is 24.6 Å². The number of hydrogen-bond donors (Lipinski definition) is 1. The van der Waals surface area contributed by atoms with Gasteiger partial charge in [0.25, 0.3) is 5.56 Å². The Labute approximate surface area is 240 Å². The van der Waals surface area contributed by atoms with E-state index in [2.05, 4.69) is 27.5 Å². The first-order chi connectivity index (χ1) is 20.5. The van der Waals surface area contributed by atoms with Crippen molar-refractivity contribution in [1.82, 2.24) is 39.3 Å². The highest BCUT2D eigenvalue weighted by Gasteiger charge is 2.23. The number of tetrazole rings is 1. The molecule has 0 radical (unpaired) electrons. The lowest BCUT2D eigenvalue weighted by atomic mass is 9.98. The van der Waals surface area contributed by atoms with Gasteiger partial charge in [-0.05, 0) is 28.3 Å². The van der Waals surface area contributed by atoms with E-state index in [1.807, 2.05) is 53.1 Å². The average molecular weight is 573 g/mol. The van der Waals surface area contributed by atoms with E-state index in [-0.39, 0.29) is 30.9 Å². The summed E-state index contributed by atoms with van der Waals surface area (Å²) in [6.07, 6.45) is 2.37. The van der Waals surface area contributed by atoms with Crippen LogP contribution in [-0.2, 0) is 40.3 Å². The Kier molecular flexibility index (Phi) is 8.67. The molecule has 13 heteroatoms. The van der Waals surface area contributed by atoms with Gasteiger partial charge in [0, 0.05) is 25.6 Å². The molecule has 13 nitrogen and oxygen atoms in total. The lowest BCUT2D eigenvalue weighted by Gasteiger charge is -2.13. The molecule has 0 saturated carbocycles. The van der Waals surface area contributed by atoms with Crippen LogP contribution in [0.5, 0.6) is 0 Å². The van der Waals surface area contributed by atoms with Crippen molar-refractivity contribution >= 4 is 17.1 Å². The Bertz CT molecular complexity index is 1800. The number of carbonyl (C=O) groups is 1. The fraction of sp³-hybridized carbons (Fsp3) is 0.345. The number of hydrogen-bond acceptors (Lipinski definition) is 9. The van der Waals surface area contributed by atoms with E-state index in [0.717, 1.165) is 39.7 Å². The number of benzene rings is 2. The van der Waals surface area contributed by atoms with E-state index in [9.17, 15) is 14.4 Å². The van der Waals surface area contributed by atoms with E-state index < -0.39 is 17.2 Å². The Balaban J connectivity index is 1.60. The van der Waals surface area contributed by atoms with Crippen LogP contribution in [0.2, 0.25) is 0 Å². The zero-order valence-electron chi connectivity index (χ0n) is 23.7. The molecule has 0 aliphatic heterocycles. The standard InChI is InChI=1S/C29H32N8O5/c1-4-5-10-23-30-27-25(28(39)35(15-16-41-2)29(40)37(27)18-24(38)42-3)36(23)17-19-11-13-20(14-12-19)21-8-6-7-9-22(21)26-31-33-34-32-26/h6-9,11-14H,4-5,10,15-18H2,1-3H3,(H,31,32,33,34). The molecule has 2 aromatic carbocycles. The Morgan fingerprint density at radius 2 is 1.74 bits per heavy atom. The number of rotatable bonds is 12. The number of esters is 1. The van der Waals surface area contributed by atoms with E-state index in [4.69, 9.17) is 14.5 Å². The van der Waals surface area contributed by atoms with E-state index in [1.54, 1.807) is 0 Å². The monoisotopic (exact) mass is 572 g/mol. The van der Waals surface area contributed by atoms with Gasteiger partial charge in [-0.15, -0.1) is 10.2 Å². The maximum Gasteiger partial charge on any atom is 0.333 e. The molecular weight excluding hydrogens is 540 g/mol. The molecule has 0 saturated heterocycles. The van der Waals surface area contributed by atoms with Crippen LogP contribution in [0, 0.1) is 0 Å². The number of aryl methyl sites for hydroxylation is 1. The first-order valence-electron chi connectivity index (χ1n) is 13.7. The fourth-order valence-corrected chi connectivity index (χ4v) is 4.93. The van der Waals surface area contributed by atoms with Gasteiger partial charge in [-0.3, -0.25) is 18.7 Å². The van der Waals surface area contributed by atoms with Gasteiger partial charge in [0.2, 0.25) is 5.82 Å². The molecule has 218 valence electrons. The number of aromatic nitrogens is 8. The second-order valence-electron chi connectivity index (χ2n) is 9.76. The predicted octanol–water partition coefficient (Wildman–Crippen LogP) is 2.42. The summed E-state index contributed by atoms with van der Waals surface area (Å²) in [4.78, 5) is 44.1. The molecule has 3 aromatic heterocycles. The van der Waals surface area contributed by atoms with E-state index >= 15 is 0 Å². The van der Waals surface area contributed by atoms with Crippen molar-refractivity contribution in [1.29, 1.82) is 0 Å². The van der Waals surface area contributed by atoms with Crippen molar-refractivity contribution < 1.29 is 14.3 Å². The predicted molar refractivity (Wildman–Crippen MR) is 155 cm³/mol. The largest absolute Gasteiger partial charge is 0.468 e. The molecule has 0 spiro atoms. The van der Waals surface area contributed by atoms with Gasteiger partial charge in [-0.25, -0.2) is 9.78 Å². The second-order valence-corrected chi connectivity index (χ2v) is 9.76. The second kappa shape index (κ2) is 12.7. The van der Waals surface area contributed by atoms with Crippen LogP contribution in [0.25, 0.3) is 33.7 Å². The van der Waals surface area contributed by atoms with Crippen LogP contribution < -0.4 is 11.2 Å². The van der Waals surface area contributed by atoms with Crippen LogP contribution >= 0.6 is 0 Å². The molecule has 3 heterocycles. The lowest BCUT2D eigenvalue weighted by molar-refractivity contribution is -0.141. The summed E-state index contributed by atoms with van der Waals surface area (Å²) in [5, 5.41) is 14.4.